The van der Waals surface area contributed by atoms with E-state index in [0.717, 1.165) is 32.7 Å². The third kappa shape index (κ3) is 4.96. The monoisotopic (exact) mass is 295 g/mol. The Morgan fingerprint density at radius 2 is 1.86 bits per heavy atom. The molecule has 2 rings (SSSR count). The zero-order valence-corrected chi connectivity index (χ0v) is 13.9. The van der Waals surface area contributed by atoms with Gasteiger partial charge >= 0.3 is 0 Å². The second-order valence-corrected chi connectivity index (χ2v) is 6.70. The number of nitrogens with one attached hydrogen (secondary N) is 1. The van der Waals surface area contributed by atoms with Crippen LogP contribution in [0.2, 0.25) is 0 Å². The molecule has 122 valence electrons. The largest absolute Gasteiger partial charge is 0.341 e. The highest BCUT2D eigenvalue weighted by Crippen LogP contribution is 2.17. The van der Waals surface area contributed by atoms with Crippen molar-refractivity contribution in [1.29, 1.82) is 0 Å². The Hall–Kier alpha value is -0.610. The van der Waals surface area contributed by atoms with Gasteiger partial charge in [0.25, 0.3) is 0 Å². The average molecular weight is 295 g/mol. The summed E-state index contributed by atoms with van der Waals surface area (Å²) in [5.74, 6) is 0.355. The molecule has 2 aliphatic rings. The van der Waals surface area contributed by atoms with E-state index in [9.17, 15) is 4.79 Å². The van der Waals surface area contributed by atoms with Crippen LogP contribution in [0.4, 0.5) is 0 Å². The summed E-state index contributed by atoms with van der Waals surface area (Å²) in [6, 6.07) is 0.618. The van der Waals surface area contributed by atoms with Crippen LogP contribution in [0, 0.1) is 0 Å². The van der Waals surface area contributed by atoms with Crippen molar-refractivity contribution in [2.24, 2.45) is 0 Å². The van der Waals surface area contributed by atoms with E-state index in [1.807, 2.05) is 0 Å². The third-order valence-corrected chi connectivity index (χ3v) is 4.96. The summed E-state index contributed by atoms with van der Waals surface area (Å²) in [5, 5.41) is 3.62. The Bertz CT molecular complexity index is 313. The van der Waals surface area contributed by atoms with Gasteiger partial charge in [0.05, 0.1) is 6.04 Å². The first-order valence-electron chi connectivity index (χ1n) is 8.98. The first kappa shape index (κ1) is 16.8. The molecule has 0 aromatic heterocycles. The van der Waals surface area contributed by atoms with Gasteiger partial charge in [-0.3, -0.25) is 9.69 Å². The maximum absolute atomic E-state index is 12.7. The first-order valence-corrected chi connectivity index (χ1v) is 8.98. The number of amides is 1. The molecule has 1 amide bonds. The van der Waals surface area contributed by atoms with E-state index in [1.165, 1.54) is 44.9 Å². The highest BCUT2D eigenvalue weighted by molar-refractivity contribution is 5.81. The van der Waals surface area contributed by atoms with Crippen molar-refractivity contribution in [1.82, 2.24) is 15.1 Å². The van der Waals surface area contributed by atoms with Crippen LogP contribution in [0.1, 0.15) is 58.8 Å². The smallest absolute Gasteiger partial charge is 0.239 e. The first-order chi connectivity index (χ1) is 10.2. The van der Waals surface area contributed by atoms with Crippen LogP contribution in [-0.4, -0.2) is 60.5 Å². The van der Waals surface area contributed by atoms with E-state index in [2.05, 4.69) is 29.0 Å². The van der Waals surface area contributed by atoms with Crippen molar-refractivity contribution in [3.63, 3.8) is 0 Å². The van der Waals surface area contributed by atoms with Gasteiger partial charge in [-0.05, 0) is 52.1 Å². The van der Waals surface area contributed by atoms with Gasteiger partial charge in [-0.15, -0.1) is 0 Å². The van der Waals surface area contributed by atoms with Crippen molar-refractivity contribution in [2.45, 2.75) is 70.9 Å². The number of nitrogens with zero attached hydrogens (tertiary/aromatic N) is 2. The van der Waals surface area contributed by atoms with Crippen molar-refractivity contribution in [3.05, 3.63) is 0 Å². The summed E-state index contributed by atoms with van der Waals surface area (Å²) >= 11 is 0. The number of rotatable bonds is 5. The van der Waals surface area contributed by atoms with Gasteiger partial charge in [0, 0.05) is 25.7 Å². The Balaban J connectivity index is 1.85. The summed E-state index contributed by atoms with van der Waals surface area (Å²) in [7, 11) is 0. The molecule has 0 radical (unpaired) electrons. The second-order valence-electron chi connectivity index (χ2n) is 6.70. The van der Waals surface area contributed by atoms with Crippen LogP contribution in [0.25, 0.3) is 0 Å². The maximum atomic E-state index is 12.7. The summed E-state index contributed by atoms with van der Waals surface area (Å²) in [5.41, 5.74) is 0. The molecule has 4 heteroatoms. The minimum absolute atomic E-state index is 0.0503. The molecule has 0 aromatic carbocycles. The van der Waals surface area contributed by atoms with Crippen LogP contribution in [-0.2, 0) is 4.79 Å². The molecule has 2 unspecified atom stereocenters. The standard InChI is InChI=1S/C17H33N3O/c1-3-10-18-16-9-8-13-20(14-16)15(2)17(21)19-11-6-4-5-7-12-19/h15-16,18H,3-14H2,1-2H3. The molecule has 4 nitrogen and oxygen atoms in total. The normalized spacial score (nSPS) is 26.4. The Morgan fingerprint density at radius 3 is 2.52 bits per heavy atom. The van der Waals surface area contributed by atoms with Crippen molar-refractivity contribution in [2.75, 3.05) is 32.7 Å². The molecule has 2 atom stereocenters. The van der Waals surface area contributed by atoms with Crippen LogP contribution in [0.5, 0.6) is 0 Å². The third-order valence-electron chi connectivity index (χ3n) is 4.96. The Morgan fingerprint density at radius 1 is 1.14 bits per heavy atom. The lowest BCUT2D eigenvalue weighted by Crippen LogP contribution is -2.54. The summed E-state index contributed by atoms with van der Waals surface area (Å²) in [6.07, 6.45) is 8.56. The van der Waals surface area contributed by atoms with Gasteiger partial charge < -0.3 is 10.2 Å². The second kappa shape index (κ2) is 8.74. The van der Waals surface area contributed by atoms with Gasteiger partial charge in [-0.2, -0.15) is 0 Å². The van der Waals surface area contributed by atoms with E-state index in [1.54, 1.807) is 0 Å². The highest BCUT2D eigenvalue weighted by Gasteiger charge is 2.29. The van der Waals surface area contributed by atoms with Gasteiger partial charge in [0.2, 0.25) is 5.91 Å². The molecule has 0 saturated carbocycles. The van der Waals surface area contributed by atoms with Crippen molar-refractivity contribution < 1.29 is 4.79 Å². The SMILES string of the molecule is CCCNC1CCCN(C(C)C(=O)N2CCCCCC2)C1. The zero-order valence-electron chi connectivity index (χ0n) is 13.9. The maximum Gasteiger partial charge on any atom is 0.239 e. The minimum Gasteiger partial charge on any atom is -0.341 e. The molecule has 1 N–H and O–H groups in total. The fourth-order valence-electron chi connectivity index (χ4n) is 3.58. The summed E-state index contributed by atoms with van der Waals surface area (Å²) in [4.78, 5) is 17.2. The number of carbonyl (C=O) groups is 1. The van der Waals surface area contributed by atoms with Gasteiger partial charge in [-0.1, -0.05) is 19.8 Å². The Labute approximate surface area is 130 Å². The Kier molecular flexibility index (Phi) is 6.97. The molecule has 21 heavy (non-hydrogen) atoms. The van der Waals surface area contributed by atoms with E-state index >= 15 is 0 Å². The number of carbonyl (C=O) groups excluding carboxylic acids is 1. The highest BCUT2D eigenvalue weighted by atomic mass is 16.2. The number of hydrogen-bond donors (Lipinski definition) is 1. The average Bonchev–Trinajstić information content (AvgIpc) is 2.81. The quantitative estimate of drug-likeness (QED) is 0.845. The topological polar surface area (TPSA) is 35.6 Å². The lowest BCUT2D eigenvalue weighted by atomic mass is 10.0. The van der Waals surface area contributed by atoms with Gasteiger partial charge in [0.15, 0.2) is 0 Å². The van der Waals surface area contributed by atoms with E-state index in [0.29, 0.717) is 11.9 Å². The summed E-state index contributed by atoms with van der Waals surface area (Å²) < 4.78 is 0. The van der Waals surface area contributed by atoms with E-state index < -0.39 is 0 Å². The summed E-state index contributed by atoms with van der Waals surface area (Å²) in [6.45, 7) is 9.44. The molecule has 2 aliphatic heterocycles. The molecular weight excluding hydrogens is 262 g/mol. The fourth-order valence-corrected chi connectivity index (χ4v) is 3.58. The predicted octanol–water partition coefficient (Wildman–Crippen LogP) is 2.24. The number of piperidine rings is 1. The van der Waals surface area contributed by atoms with Crippen molar-refractivity contribution in [3.8, 4) is 0 Å². The van der Waals surface area contributed by atoms with Crippen LogP contribution in [0.15, 0.2) is 0 Å². The van der Waals surface area contributed by atoms with Crippen LogP contribution >= 0.6 is 0 Å². The van der Waals surface area contributed by atoms with E-state index in [4.69, 9.17) is 0 Å². The van der Waals surface area contributed by atoms with Gasteiger partial charge in [-0.25, -0.2) is 0 Å². The van der Waals surface area contributed by atoms with Gasteiger partial charge in [0.1, 0.15) is 0 Å². The van der Waals surface area contributed by atoms with E-state index in [-0.39, 0.29) is 6.04 Å². The number of likely N-dealkylation sites (tertiary alicyclic amines) is 2. The van der Waals surface area contributed by atoms with Crippen LogP contribution in [0.3, 0.4) is 0 Å². The predicted molar refractivity (Wildman–Crippen MR) is 87.4 cm³/mol. The molecular formula is C17H33N3O. The molecule has 2 saturated heterocycles. The lowest BCUT2D eigenvalue weighted by Gasteiger charge is -2.38. The molecule has 2 heterocycles. The minimum atomic E-state index is 0.0503. The van der Waals surface area contributed by atoms with Crippen LogP contribution < -0.4 is 5.32 Å². The molecule has 2 fully saturated rings. The lowest BCUT2D eigenvalue weighted by molar-refractivity contribution is -0.136. The molecule has 0 spiro atoms. The molecule has 0 aromatic rings. The fraction of sp³-hybridized carbons (Fsp3) is 0.941. The van der Waals surface area contributed by atoms with Crippen molar-refractivity contribution >= 4 is 5.91 Å². The number of hydrogen-bond acceptors (Lipinski definition) is 3. The molecule has 0 bridgehead atoms. The molecule has 0 aliphatic carbocycles. The zero-order chi connectivity index (χ0) is 15.1.